The molecule has 4 rings (SSSR count). The highest BCUT2D eigenvalue weighted by atomic mass is 19.1. The summed E-state index contributed by atoms with van der Waals surface area (Å²) in [5.41, 5.74) is 7.31. The van der Waals surface area contributed by atoms with E-state index in [0.717, 1.165) is 18.2 Å². The Kier molecular flexibility index (Phi) is 3.95. The van der Waals surface area contributed by atoms with Crippen molar-refractivity contribution in [1.82, 2.24) is 14.5 Å². The lowest BCUT2D eigenvalue weighted by atomic mass is 10.2. The normalized spacial score (nSPS) is 11.2. The highest BCUT2D eigenvalue weighted by molar-refractivity contribution is 6.09. The zero-order chi connectivity index (χ0) is 19.1. The molecular formula is C19H14F2N4O2. The van der Waals surface area contributed by atoms with Crippen molar-refractivity contribution in [3.63, 3.8) is 0 Å². The number of ether oxygens (including phenoxy) is 1. The Morgan fingerprint density at radius 2 is 1.85 bits per heavy atom. The predicted octanol–water partition coefficient (Wildman–Crippen LogP) is 3.61. The summed E-state index contributed by atoms with van der Waals surface area (Å²) in [7, 11) is 0. The maximum Gasteiger partial charge on any atom is 0.344 e. The van der Waals surface area contributed by atoms with E-state index < -0.39 is 17.6 Å². The Balaban J connectivity index is 2.14. The van der Waals surface area contributed by atoms with E-state index in [0.29, 0.717) is 11.0 Å². The second-order valence-electron chi connectivity index (χ2n) is 5.80. The molecule has 8 heteroatoms. The van der Waals surface area contributed by atoms with Crippen molar-refractivity contribution in [3.8, 4) is 5.69 Å². The molecule has 2 N–H and O–H groups in total. The van der Waals surface area contributed by atoms with Gasteiger partial charge < -0.3 is 10.5 Å². The summed E-state index contributed by atoms with van der Waals surface area (Å²) < 4.78 is 34.4. The number of aromatic nitrogens is 3. The fourth-order valence-corrected chi connectivity index (χ4v) is 2.97. The number of carbonyl (C=O) groups is 1. The predicted molar refractivity (Wildman–Crippen MR) is 96.7 cm³/mol. The van der Waals surface area contributed by atoms with Crippen molar-refractivity contribution in [1.29, 1.82) is 0 Å². The fraction of sp³-hybridized carbons (Fsp3) is 0.105. The molecule has 0 saturated carbocycles. The zero-order valence-corrected chi connectivity index (χ0v) is 14.2. The lowest BCUT2D eigenvalue weighted by molar-refractivity contribution is 0.0529. The third-order valence-corrected chi connectivity index (χ3v) is 4.13. The molecule has 0 unspecified atom stereocenters. The number of hydrogen-bond acceptors (Lipinski definition) is 5. The number of benzene rings is 2. The molecule has 0 spiro atoms. The minimum absolute atomic E-state index is 0.0336. The largest absolute Gasteiger partial charge is 0.462 e. The Hall–Kier alpha value is -3.55. The monoisotopic (exact) mass is 368 g/mol. The molecule has 27 heavy (non-hydrogen) atoms. The number of nitrogens with zero attached hydrogens (tertiary/aromatic N) is 3. The first-order chi connectivity index (χ1) is 13.0. The Labute approximate surface area is 152 Å². The summed E-state index contributed by atoms with van der Waals surface area (Å²) in [6.07, 6.45) is 0. The van der Waals surface area contributed by atoms with Crippen LogP contribution in [-0.4, -0.2) is 27.1 Å². The minimum atomic E-state index is -0.717. The van der Waals surface area contributed by atoms with Crippen LogP contribution in [0.15, 0.2) is 42.5 Å². The molecule has 0 fully saturated rings. The molecule has 2 aromatic carbocycles. The van der Waals surface area contributed by atoms with E-state index in [1.807, 2.05) is 0 Å². The van der Waals surface area contributed by atoms with Crippen LogP contribution >= 0.6 is 0 Å². The molecule has 0 saturated heterocycles. The van der Waals surface area contributed by atoms with Crippen molar-refractivity contribution in [2.24, 2.45) is 0 Å². The van der Waals surface area contributed by atoms with Crippen LogP contribution in [0.4, 0.5) is 14.6 Å². The first-order valence-electron chi connectivity index (χ1n) is 8.20. The van der Waals surface area contributed by atoms with Gasteiger partial charge in [-0.1, -0.05) is 12.1 Å². The lowest BCUT2D eigenvalue weighted by Crippen LogP contribution is -2.09. The van der Waals surface area contributed by atoms with Gasteiger partial charge in [0, 0.05) is 6.07 Å². The van der Waals surface area contributed by atoms with E-state index in [-0.39, 0.29) is 34.8 Å². The average Bonchev–Trinajstić information content (AvgIpc) is 2.93. The number of halogens is 2. The Morgan fingerprint density at radius 3 is 2.56 bits per heavy atom. The standard InChI is InChI=1S/C19H14F2N4O2/c1-2-27-19(26)15-16-18(24-13-6-4-3-5-12(13)23-16)25(17(15)22)14-9-10(20)7-8-11(14)21/h3-9H,2,22H2,1H3. The number of para-hydroxylation sites is 2. The van der Waals surface area contributed by atoms with Gasteiger partial charge in [-0.05, 0) is 31.2 Å². The van der Waals surface area contributed by atoms with Gasteiger partial charge in [-0.2, -0.15) is 0 Å². The first-order valence-corrected chi connectivity index (χ1v) is 8.20. The van der Waals surface area contributed by atoms with Gasteiger partial charge in [-0.25, -0.2) is 23.5 Å². The summed E-state index contributed by atoms with van der Waals surface area (Å²) >= 11 is 0. The number of carbonyl (C=O) groups excluding carboxylic acids is 1. The summed E-state index contributed by atoms with van der Waals surface area (Å²) in [6, 6.07) is 9.96. The lowest BCUT2D eigenvalue weighted by Gasteiger charge is -2.09. The van der Waals surface area contributed by atoms with Gasteiger partial charge in [0.05, 0.1) is 23.3 Å². The maximum atomic E-state index is 14.4. The second kappa shape index (κ2) is 6.31. The van der Waals surface area contributed by atoms with Crippen LogP contribution in [-0.2, 0) is 4.74 Å². The number of nitrogen functional groups attached to an aromatic ring is 1. The van der Waals surface area contributed by atoms with Crippen LogP contribution in [0, 0.1) is 11.6 Å². The van der Waals surface area contributed by atoms with Crippen LogP contribution < -0.4 is 5.73 Å². The molecule has 4 aromatic rings. The fourth-order valence-electron chi connectivity index (χ4n) is 2.97. The van der Waals surface area contributed by atoms with Crippen molar-refractivity contribution in [2.45, 2.75) is 6.92 Å². The second-order valence-corrected chi connectivity index (χ2v) is 5.80. The Morgan fingerprint density at radius 1 is 1.15 bits per heavy atom. The van der Waals surface area contributed by atoms with Crippen LogP contribution in [0.2, 0.25) is 0 Å². The molecular weight excluding hydrogens is 354 g/mol. The molecule has 0 aliphatic carbocycles. The Bertz CT molecular complexity index is 1200. The van der Waals surface area contributed by atoms with Crippen LogP contribution in [0.1, 0.15) is 17.3 Å². The van der Waals surface area contributed by atoms with E-state index in [1.54, 1.807) is 31.2 Å². The molecule has 2 aromatic heterocycles. The van der Waals surface area contributed by atoms with E-state index in [9.17, 15) is 13.6 Å². The molecule has 2 heterocycles. The SMILES string of the molecule is CCOC(=O)c1c(N)n(-c2cc(F)ccc2F)c2nc3ccccc3nc12. The average molecular weight is 368 g/mol. The summed E-state index contributed by atoms with van der Waals surface area (Å²) in [6.45, 7) is 1.78. The van der Waals surface area contributed by atoms with Gasteiger partial charge in [0.25, 0.3) is 0 Å². The number of anilines is 1. The van der Waals surface area contributed by atoms with E-state index in [1.165, 1.54) is 4.57 Å². The summed E-state index contributed by atoms with van der Waals surface area (Å²) in [5, 5.41) is 0. The van der Waals surface area contributed by atoms with Crippen molar-refractivity contribution in [3.05, 3.63) is 59.7 Å². The van der Waals surface area contributed by atoms with Gasteiger partial charge in [0.1, 0.15) is 28.5 Å². The number of fused-ring (bicyclic) bond motifs is 2. The molecule has 0 atom stereocenters. The van der Waals surface area contributed by atoms with Crippen LogP contribution in [0.25, 0.3) is 27.9 Å². The quantitative estimate of drug-likeness (QED) is 0.559. The smallest absolute Gasteiger partial charge is 0.344 e. The highest BCUT2D eigenvalue weighted by Crippen LogP contribution is 2.32. The first kappa shape index (κ1) is 16.9. The highest BCUT2D eigenvalue weighted by Gasteiger charge is 2.27. The third-order valence-electron chi connectivity index (χ3n) is 4.13. The number of rotatable bonds is 3. The van der Waals surface area contributed by atoms with Gasteiger partial charge in [0.2, 0.25) is 0 Å². The van der Waals surface area contributed by atoms with Gasteiger partial charge in [-0.3, -0.25) is 4.57 Å². The van der Waals surface area contributed by atoms with Crippen molar-refractivity contribution < 1.29 is 18.3 Å². The van der Waals surface area contributed by atoms with E-state index >= 15 is 0 Å². The maximum absolute atomic E-state index is 14.4. The van der Waals surface area contributed by atoms with Gasteiger partial charge in [0.15, 0.2) is 5.65 Å². The minimum Gasteiger partial charge on any atom is -0.462 e. The van der Waals surface area contributed by atoms with E-state index in [2.05, 4.69) is 9.97 Å². The van der Waals surface area contributed by atoms with Crippen molar-refractivity contribution in [2.75, 3.05) is 12.3 Å². The topological polar surface area (TPSA) is 83.0 Å². The molecule has 0 bridgehead atoms. The number of esters is 1. The molecule has 0 aliphatic rings. The molecule has 136 valence electrons. The van der Waals surface area contributed by atoms with Gasteiger partial charge >= 0.3 is 5.97 Å². The molecule has 6 nitrogen and oxygen atoms in total. The molecule has 0 amide bonds. The van der Waals surface area contributed by atoms with Gasteiger partial charge in [-0.15, -0.1) is 0 Å². The number of hydrogen-bond donors (Lipinski definition) is 1. The van der Waals surface area contributed by atoms with Crippen LogP contribution in [0.3, 0.4) is 0 Å². The van der Waals surface area contributed by atoms with E-state index in [4.69, 9.17) is 10.5 Å². The summed E-state index contributed by atoms with van der Waals surface area (Å²) in [4.78, 5) is 21.4. The van der Waals surface area contributed by atoms with Crippen molar-refractivity contribution >= 4 is 34.0 Å². The zero-order valence-electron chi connectivity index (χ0n) is 14.2. The third kappa shape index (κ3) is 2.66. The number of nitrogens with two attached hydrogens (primary N) is 1. The molecule has 0 radical (unpaired) electrons. The molecule has 0 aliphatic heterocycles. The van der Waals surface area contributed by atoms with Crippen LogP contribution in [0.5, 0.6) is 0 Å². The summed E-state index contributed by atoms with van der Waals surface area (Å²) in [5.74, 6) is -2.20.